The molecular weight excluding hydrogens is 388 g/mol. The Morgan fingerprint density at radius 3 is 1.93 bits per heavy atom. The topological polar surface area (TPSA) is 17.8 Å². The monoisotopic (exact) mass is 426 g/mol. The molecule has 2 aliphatic carbocycles. The second-order valence-electron chi connectivity index (χ2n) is 10.4. The number of rotatable bonds is 6. The minimum atomic E-state index is 0.246. The summed E-state index contributed by atoms with van der Waals surface area (Å²) in [6.07, 6.45) is 16.5. The lowest BCUT2D eigenvalue weighted by Gasteiger charge is -2.32. The predicted octanol–water partition coefficient (Wildman–Crippen LogP) is 8.20. The molecule has 0 radical (unpaired) electrons. The highest BCUT2D eigenvalue weighted by Crippen LogP contribution is 2.42. The molecule has 30 heavy (non-hydrogen) atoms. The highest BCUT2D eigenvalue weighted by atomic mass is 35.5. The number of nitrogens with zero attached hydrogens (tertiary/aromatic N) is 2. The fraction of sp³-hybridized carbons (Fsp3) is 0.593. The lowest BCUT2D eigenvalue weighted by molar-refractivity contribution is 0.377. The molecule has 0 bridgehead atoms. The number of alkyl halides is 1. The van der Waals surface area contributed by atoms with Crippen molar-refractivity contribution in [2.24, 2.45) is 10.8 Å². The van der Waals surface area contributed by atoms with E-state index in [9.17, 15) is 0 Å². The highest BCUT2D eigenvalue weighted by Gasteiger charge is 2.27. The first-order valence-corrected chi connectivity index (χ1v) is 12.1. The summed E-state index contributed by atoms with van der Waals surface area (Å²) in [5.74, 6) is 0.566. The first kappa shape index (κ1) is 23.1. The molecule has 3 heteroatoms. The van der Waals surface area contributed by atoms with Crippen LogP contribution < -0.4 is 0 Å². The molecular formula is C27H39ClN2. The third kappa shape index (κ3) is 5.19. The molecule has 0 unspecified atom stereocenters. The van der Waals surface area contributed by atoms with Crippen LogP contribution >= 0.6 is 11.6 Å². The molecule has 1 aromatic rings. The Bertz CT molecular complexity index is 890. The summed E-state index contributed by atoms with van der Waals surface area (Å²) in [6, 6.07) is 2.19. The molecule has 164 valence electrons. The zero-order valence-electron chi connectivity index (χ0n) is 19.8. The predicted molar refractivity (Wildman–Crippen MR) is 132 cm³/mol. The van der Waals surface area contributed by atoms with Crippen molar-refractivity contribution in [3.8, 4) is 0 Å². The summed E-state index contributed by atoms with van der Waals surface area (Å²) in [6.45, 7) is 14.7. The van der Waals surface area contributed by atoms with Crippen molar-refractivity contribution in [3.63, 3.8) is 0 Å². The van der Waals surface area contributed by atoms with E-state index in [2.05, 4.69) is 71.9 Å². The van der Waals surface area contributed by atoms with E-state index in [0.717, 1.165) is 17.9 Å². The molecule has 0 fully saturated rings. The Balaban J connectivity index is 1.89. The van der Waals surface area contributed by atoms with Crippen LogP contribution in [-0.2, 0) is 6.54 Å². The fourth-order valence-electron chi connectivity index (χ4n) is 5.28. The number of halogens is 1. The van der Waals surface area contributed by atoms with E-state index in [0.29, 0.717) is 5.88 Å². The van der Waals surface area contributed by atoms with Gasteiger partial charge in [0.15, 0.2) is 0 Å². The van der Waals surface area contributed by atoms with Crippen molar-refractivity contribution < 1.29 is 0 Å². The SMILES string of the molecule is CC1=C(/C=C/c2cc(/C=C/C3=C(C)CCCC3(C)C)n(CCCl)n2)C(C)(C)CCC1. The average molecular weight is 427 g/mol. The molecule has 0 aromatic carbocycles. The number of hydrogen-bond donors (Lipinski definition) is 0. The molecule has 2 aliphatic rings. The minimum absolute atomic E-state index is 0.246. The van der Waals surface area contributed by atoms with E-state index < -0.39 is 0 Å². The Kier molecular flexibility index (Phi) is 7.17. The van der Waals surface area contributed by atoms with Crippen molar-refractivity contribution >= 4 is 23.8 Å². The van der Waals surface area contributed by atoms with Crippen LogP contribution in [0.25, 0.3) is 12.2 Å². The van der Waals surface area contributed by atoms with E-state index in [4.69, 9.17) is 16.7 Å². The van der Waals surface area contributed by atoms with E-state index in [-0.39, 0.29) is 10.8 Å². The zero-order valence-corrected chi connectivity index (χ0v) is 20.6. The Hall–Kier alpha value is -1.54. The van der Waals surface area contributed by atoms with Gasteiger partial charge in [0.1, 0.15) is 0 Å². The van der Waals surface area contributed by atoms with Gasteiger partial charge in [-0.2, -0.15) is 5.10 Å². The van der Waals surface area contributed by atoms with Crippen molar-refractivity contribution in [2.45, 2.75) is 86.6 Å². The quantitative estimate of drug-likeness (QED) is 0.419. The van der Waals surface area contributed by atoms with Crippen molar-refractivity contribution in [2.75, 3.05) is 5.88 Å². The molecule has 1 aromatic heterocycles. The highest BCUT2D eigenvalue weighted by molar-refractivity contribution is 6.17. The van der Waals surface area contributed by atoms with Gasteiger partial charge in [0.2, 0.25) is 0 Å². The van der Waals surface area contributed by atoms with Gasteiger partial charge in [-0.3, -0.25) is 4.68 Å². The van der Waals surface area contributed by atoms with E-state index >= 15 is 0 Å². The molecule has 1 heterocycles. The lowest BCUT2D eigenvalue weighted by Crippen LogP contribution is -2.19. The number of allylic oxidation sites excluding steroid dienone is 6. The lowest BCUT2D eigenvalue weighted by atomic mass is 9.72. The minimum Gasteiger partial charge on any atom is -0.264 e. The normalized spacial score (nSPS) is 22.0. The van der Waals surface area contributed by atoms with Gasteiger partial charge in [0, 0.05) is 5.88 Å². The van der Waals surface area contributed by atoms with Crippen LogP contribution in [0.1, 0.15) is 91.5 Å². The first-order chi connectivity index (χ1) is 14.1. The molecule has 0 saturated heterocycles. The van der Waals surface area contributed by atoms with Gasteiger partial charge in [0.25, 0.3) is 0 Å². The van der Waals surface area contributed by atoms with Gasteiger partial charge < -0.3 is 0 Å². The summed E-state index contributed by atoms with van der Waals surface area (Å²) in [4.78, 5) is 0. The summed E-state index contributed by atoms with van der Waals surface area (Å²) in [5, 5.41) is 4.83. The Morgan fingerprint density at radius 2 is 1.43 bits per heavy atom. The van der Waals surface area contributed by atoms with Gasteiger partial charge in [-0.15, -0.1) is 11.6 Å². The van der Waals surface area contributed by atoms with Crippen LogP contribution in [0.5, 0.6) is 0 Å². The second kappa shape index (κ2) is 9.30. The van der Waals surface area contributed by atoms with Crippen LogP contribution in [0.4, 0.5) is 0 Å². The summed E-state index contributed by atoms with van der Waals surface area (Å²) in [5.41, 5.74) is 8.63. The Morgan fingerprint density at radius 1 is 0.900 bits per heavy atom. The maximum absolute atomic E-state index is 6.07. The van der Waals surface area contributed by atoms with Crippen molar-refractivity contribution in [1.29, 1.82) is 0 Å². The third-order valence-electron chi connectivity index (χ3n) is 7.05. The van der Waals surface area contributed by atoms with E-state index in [1.807, 2.05) is 4.68 Å². The van der Waals surface area contributed by atoms with E-state index in [1.54, 1.807) is 0 Å². The molecule has 0 amide bonds. The molecule has 2 nitrogen and oxygen atoms in total. The standard InChI is InChI=1S/C27H39ClN2/c1-20-9-7-15-26(3,4)24(20)13-11-22-19-23(30(29-22)18-17-28)12-14-25-21(2)10-8-16-27(25,5)6/h11-14,19H,7-10,15-18H2,1-6H3/b13-11+,14-12+. The largest absolute Gasteiger partial charge is 0.264 e. The Labute approximate surface area is 188 Å². The molecule has 0 aliphatic heterocycles. The summed E-state index contributed by atoms with van der Waals surface area (Å²) in [7, 11) is 0. The molecule has 0 atom stereocenters. The summed E-state index contributed by atoms with van der Waals surface area (Å²) >= 11 is 6.07. The maximum Gasteiger partial charge on any atom is 0.0857 e. The number of aromatic nitrogens is 2. The van der Waals surface area contributed by atoms with E-state index in [1.165, 1.54) is 60.8 Å². The zero-order chi connectivity index (χ0) is 21.9. The van der Waals surface area contributed by atoms with Gasteiger partial charge in [-0.25, -0.2) is 0 Å². The first-order valence-electron chi connectivity index (χ1n) is 11.5. The van der Waals surface area contributed by atoms with Gasteiger partial charge in [-0.1, -0.05) is 51.0 Å². The fourth-order valence-corrected chi connectivity index (χ4v) is 5.44. The van der Waals surface area contributed by atoms with Crippen LogP contribution in [0, 0.1) is 10.8 Å². The maximum atomic E-state index is 6.07. The average Bonchev–Trinajstić information content (AvgIpc) is 3.02. The molecule has 3 rings (SSSR count). The van der Waals surface area contributed by atoms with Gasteiger partial charge in [0.05, 0.1) is 17.9 Å². The van der Waals surface area contributed by atoms with Crippen LogP contribution in [0.2, 0.25) is 0 Å². The number of hydrogen-bond acceptors (Lipinski definition) is 1. The van der Waals surface area contributed by atoms with Crippen LogP contribution in [-0.4, -0.2) is 15.7 Å². The van der Waals surface area contributed by atoms with Crippen molar-refractivity contribution in [3.05, 3.63) is 51.9 Å². The van der Waals surface area contributed by atoms with Gasteiger partial charge >= 0.3 is 0 Å². The number of aryl methyl sites for hydroxylation is 1. The molecule has 0 saturated carbocycles. The summed E-state index contributed by atoms with van der Waals surface area (Å²) < 4.78 is 2.04. The van der Waals surface area contributed by atoms with Crippen LogP contribution in [0.15, 0.2) is 40.5 Å². The van der Waals surface area contributed by atoms with Crippen molar-refractivity contribution in [1.82, 2.24) is 9.78 Å². The van der Waals surface area contributed by atoms with Crippen LogP contribution in [0.3, 0.4) is 0 Å². The second-order valence-corrected chi connectivity index (χ2v) is 10.8. The van der Waals surface area contributed by atoms with Gasteiger partial charge in [-0.05, 0) is 92.6 Å². The molecule has 0 N–H and O–H groups in total. The smallest absolute Gasteiger partial charge is 0.0857 e. The third-order valence-corrected chi connectivity index (χ3v) is 7.22. The molecule has 0 spiro atoms.